The predicted molar refractivity (Wildman–Crippen MR) is 75.6 cm³/mol. The molecule has 1 aromatic rings. The molecule has 0 aromatic heterocycles. The summed E-state index contributed by atoms with van der Waals surface area (Å²) in [7, 11) is 0. The van der Waals surface area contributed by atoms with Crippen molar-refractivity contribution < 1.29 is 9.90 Å². The lowest BCUT2D eigenvalue weighted by Gasteiger charge is -2.15. The summed E-state index contributed by atoms with van der Waals surface area (Å²) in [5.41, 5.74) is 1.76. The maximum atomic E-state index is 12.1. The molecular formula is C16H19NO2. The van der Waals surface area contributed by atoms with Gasteiger partial charge in [-0.1, -0.05) is 20.8 Å². The van der Waals surface area contributed by atoms with Crippen LogP contribution in [0.5, 0.6) is 5.75 Å². The number of nitriles is 1. The second kappa shape index (κ2) is 5.27. The molecule has 0 heterocycles. The number of aryl methyl sites for hydroxylation is 2. The molecule has 19 heavy (non-hydrogen) atoms. The van der Waals surface area contributed by atoms with E-state index in [2.05, 4.69) is 0 Å². The highest BCUT2D eigenvalue weighted by molar-refractivity contribution is 6.06. The van der Waals surface area contributed by atoms with E-state index in [4.69, 9.17) is 5.26 Å². The van der Waals surface area contributed by atoms with Crippen LogP contribution in [0.25, 0.3) is 6.08 Å². The minimum absolute atomic E-state index is 0.136. The van der Waals surface area contributed by atoms with Crippen LogP contribution in [0.2, 0.25) is 0 Å². The third-order valence-corrected chi connectivity index (χ3v) is 2.87. The lowest BCUT2D eigenvalue weighted by Crippen LogP contribution is -2.21. The lowest BCUT2D eigenvalue weighted by atomic mass is 9.86. The maximum absolute atomic E-state index is 12.1. The molecule has 0 radical (unpaired) electrons. The summed E-state index contributed by atoms with van der Waals surface area (Å²) in [4.78, 5) is 12.1. The van der Waals surface area contributed by atoms with Crippen LogP contribution >= 0.6 is 0 Å². The van der Waals surface area contributed by atoms with Crippen LogP contribution in [-0.4, -0.2) is 10.9 Å². The summed E-state index contributed by atoms with van der Waals surface area (Å²) in [6, 6.07) is 5.48. The van der Waals surface area contributed by atoms with Gasteiger partial charge in [0.1, 0.15) is 11.8 Å². The Hall–Kier alpha value is -2.08. The third-order valence-electron chi connectivity index (χ3n) is 2.87. The first-order chi connectivity index (χ1) is 8.66. The molecule has 100 valence electrons. The Balaban J connectivity index is 3.28. The molecule has 0 atom stereocenters. The largest absolute Gasteiger partial charge is 0.507 e. The maximum Gasteiger partial charge on any atom is 0.178 e. The zero-order valence-electron chi connectivity index (χ0n) is 12.0. The molecule has 0 aliphatic heterocycles. The van der Waals surface area contributed by atoms with Gasteiger partial charge < -0.3 is 5.11 Å². The highest BCUT2D eigenvalue weighted by Crippen LogP contribution is 2.26. The van der Waals surface area contributed by atoms with Crippen LogP contribution in [-0.2, 0) is 4.79 Å². The summed E-state index contributed by atoms with van der Waals surface area (Å²) in [5, 5.41) is 18.8. The first kappa shape index (κ1) is 15.0. The Kier molecular flexibility index (Phi) is 4.16. The second-order valence-electron chi connectivity index (χ2n) is 5.75. The van der Waals surface area contributed by atoms with Crippen molar-refractivity contribution in [2.24, 2.45) is 5.41 Å². The Labute approximate surface area is 114 Å². The molecule has 0 spiro atoms. The summed E-state index contributed by atoms with van der Waals surface area (Å²) < 4.78 is 0. The normalized spacial score (nSPS) is 12.1. The number of hydrogen-bond donors (Lipinski definition) is 1. The lowest BCUT2D eigenvalue weighted by molar-refractivity contribution is -0.121. The van der Waals surface area contributed by atoms with Gasteiger partial charge in [-0.05, 0) is 48.7 Å². The van der Waals surface area contributed by atoms with Gasteiger partial charge in [0.05, 0.1) is 5.57 Å². The fraction of sp³-hybridized carbons (Fsp3) is 0.375. The van der Waals surface area contributed by atoms with Gasteiger partial charge in [0, 0.05) is 5.41 Å². The number of phenolic OH excluding ortho intramolecular Hbond substituents is 1. The summed E-state index contributed by atoms with van der Waals surface area (Å²) in [6.45, 7) is 8.93. The van der Waals surface area contributed by atoms with E-state index >= 15 is 0 Å². The molecule has 1 N–H and O–H groups in total. The number of benzene rings is 1. The molecule has 0 aliphatic rings. The number of carbonyl (C=O) groups excluding carboxylic acids is 1. The van der Waals surface area contributed by atoms with Crippen LogP contribution in [0.15, 0.2) is 17.7 Å². The van der Waals surface area contributed by atoms with Crippen molar-refractivity contribution >= 4 is 11.9 Å². The zero-order chi connectivity index (χ0) is 14.8. The molecule has 3 nitrogen and oxygen atoms in total. The van der Waals surface area contributed by atoms with E-state index in [1.165, 1.54) is 0 Å². The van der Waals surface area contributed by atoms with Gasteiger partial charge in [-0.2, -0.15) is 5.26 Å². The number of nitrogens with zero attached hydrogens (tertiary/aromatic N) is 1. The van der Waals surface area contributed by atoms with Gasteiger partial charge in [0.2, 0.25) is 0 Å². The number of aromatic hydroxyl groups is 1. The fourth-order valence-electron chi connectivity index (χ4n) is 1.79. The van der Waals surface area contributed by atoms with Gasteiger partial charge in [0.25, 0.3) is 0 Å². The third kappa shape index (κ3) is 3.45. The van der Waals surface area contributed by atoms with Crippen molar-refractivity contribution in [3.63, 3.8) is 0 Å². The van der Waals surface area contributed by atoms with E-state index in [1.54, 1.807) is 52.8 Å². The van der Waals surface area contributed by atoms with E-state index in [0.717, 1.165) is 16.7 Å². The molecule has 0 unspecified atom stereocenters. The van der Waals surface area contributed by atoms with Crippen molar-refractivity contribution in [2.75, 3.05) is 0 Å². The quantitative estimate of drug-likeness (QED) is 0.651. The monoisotopic (exact) mass is 257 g/mol. The molecule has 1 rings (SSSR count). The average Bonchev–Trinajstić information content (AvgIpc) is 2.30. The molecule has 3 heteroatoms. The van der Waals surface area contributed by atoms with E-state index in [1.807, 2.05) is 6.07 Å². The summed E-state index contributed by atoms with van der Waals surface area (Å²) >= 11 is 0. The number of rotatable bonds is 2. The van der Waals surface area contributed by atoms with Crippen LogP contribution in [0.4, 0.5) is 0 Å². The highest BCUT2D eigenvalue weighted by atomic mass is 16.3. The minimum Gasteiger partial charge on any atom is -0.507 e. The first-order valence-corrected chi connectivity index (χ1v) is 6.13. The van der Waals surface area contributed by atoms with E-state index in [9.17, 15) is 9.90 Å². The van der Waals surface area contributed by atoms with Gasteiger partial charge in [0.15, 0.2) is 5.78 Å². The molecule has 0 amide bonds. The first-order valence-electron chi connectivity index (χ1n) is 6.13. The predicted octanol–water partition coefficient (Wildman–Crippen LogP) is 3.53. The summed E-state index contributed by atoms with van der Waals surface area (Å²) in [6.07, 6.45) is 1.58. The zero-order valence-corrected chi connectivity index (χ0v) is 12.0. The van der Waals surface area contributed by atoms with Crippen molar-refractivity contribution in [2.45, 2.75) is 34.6 Å². The van der Waals surface area contributed by atoms with E-state index in [-0.39, 0.29) is 17.1 Å². The number of carbonyl (C=O) groups is 1. The molecule has 0 saturated carbocycles. The van der Waals surface area contributed by atoms with Gasteiger partial charge in [-0.25, -0.2) is 0 Å². The van der Waals surface area contributed by atoms with Crippen LogP contribution < -0.4 is 0 Å². The van der Waals surface area contributed by atoms with Gasteiger partial charge in [-0.3, -0.25) is 4.79 Å². The highest BCUT2D eigenvalue weighted by Gasteiger charge is 2.24. The Morgan fingerprint density at radius 1 is 1.26 bits per heavy atom. The number of allylic oxidation sites excluding steroid dienone is 1. The van der Waals surface area contributed by atoms with E-state index < -0.39 is 5.41 Å². The topological polar surface area (TPSA) is 61.1 Å². The standard InChI is InChI=1S/C16H19NO2/c1-10-6-12(7-11(2)14(10)18)8-13(9-17)15(19)16(3,4)5/h6-8,18H,1-5H3/b13-8+. The Morgan fingerprint density at radius 3 is 2.11 bits per heavy atom. The number of Topliss-reactive ketones (excluding diaryl/α,β-unsaturated/α-hetero) is 1. The molecular weight excluding hydrogens is 238 g/mol. The molecule has 0 aliphatic carbocycles. The Morgan fingerprint density at radius 2 is 1.74 bits per heavy atom. The smallest absolute Gasteiger partial charge is 0.178 e. The van der Waals surface area contributed by atoms with Crippen molar-refractivity contribution in [3.05, 3.63) is 34.4 Å². The second-order valence-corrected chi connectivity index (χ2v) is 5.75. The van der Waals surface area contributed by atoms with Gasteiger partial charge >= 0.3 is 0 Å². The average molecular weight is 257 g/mol. The molecule has 1 aromatic carbocycles. The summed E-state index contributed by atoms with van der Waals surface area (Å²) in [5.74, 6) is 0.0659. The molecule has 0 bridgehead atoms. The van der Waals surface area contributed by atoms with Crippen LogP contribution in [0.1, 0.15) is 37.5 Å². The Bertz CT molecular complexity index is 561. The van der Waals surface area contributed by atoms with E-state index in [0.29, 0.717) is 0 Å². The van der Waals surface area contributed by atoms with Crippen molar-refractivity contribution in [3.8, 4) is 11.8 Å². The fourth-order valence-corrected chi connectivity index (χ4v) is 1.79. The SMILES string of the molecule is Cc1cc(/C=C(\C#N)C(=O)C(C)(C)C)cc(C)c1O. The van der Waals surface area contributed by atoms with Crippen LogP contribution in [0, 0.1) is 30.6 Å². The number of hydrogen-bond acceptors (Lipinski definition) is 3. The van der Waals surface area contributed by atoms with Crippen molar-refractivity contribution in [1.29, 1.82) is 5.26 Å². The molecule has 0 saturated heterocycles. The molecule has 0 fully saturated rings. The number of phenols is 1. The minimum atomic E-state index is -0.581. The van der Waals surface area contributed by atoms with Crippen molar-refractivity contribution in [1.82, 2.24) is 0 Å². The number of ketones is 1. The van der Waals surface area contributed by atoms with Crippen LogP contribution in [0.3, 0.4) is 0 Å². The van der Waals surface area contributed by atoms with Gasteiger partial charge in [-0.15, -0.1) is 0 Å².